The molecule has 0 bridgehead atoms. The smallest absolute Gasteiger partial charge is 0.396 e. The molecule has 1 aliphatic heterocycles. The minimum atomic E-state index is -3.68. The summed E-state index contributed by atoms with van der Waals surface area (Å²) in [5.74, 6) is 0.0685. The number of nitrogens with zero attached hydrogens (tertiary/aromatic N) is 1. The zero-order valence-corrected chi connectivity index (χ0v) is 18.5. The highest BCUT2D eigenvalue weighted by Gasteiger charge is 2.52. The molecule has 8 heteroatoms. The summed E-state index contributed by atoms with van der Waals surface area (Å²) in [7, 11) is 0. The number of halogens is 2. The van der Waals surface area contributed by atoms with Crippen LogP contribution in [0.2, 0.25) is 0 Å². The number of rotatable bonds is 7. The van der Waals surface area contributed by atoms with Crippen LogP contribution in [0.5, 0.6) is 11.5 Å². The van der Waals surface area contributed by atoms with Crippen molar-refractivity contribution in [1.82, 2.24) is 4.57 Å². The van der Waals surface area contributed by atoms with Gasteiger partial charge < -0.3 is 24.5 Å². The fourth-order valence-corrected chi connectivity index (χ4v) is 4.60. The Hall–Kier alpha value is -3.13. The van der Waals surface area contributed by atoms with Crippen LogP contribution in [0.25, 0.3) is 10.9 Å². The van der Waals surface area contributed by atoms with Crippen LogP contribution >= 0.6 is 0 Å². The molecule has 174 valence electrons. The number of aromatic nitrogens is 1. The van der Waals surface area contributed by atoms with Gasteiger partial charge in [-0.15, -0.1) is 8.78 Å². The molecule has 2 aromatic carbocycles. The average molecular weight is 456 g/mol. The number of ether oxygens (including phenoxy) is 2. The third-order valence-corrected chi connectivity index (χ3v) is 6.46. The summed E-state index contributed by atoms with van der Waals surface area (Å²) in [5.41, 5.74) is 2.79. The summed E-state index contributed by atoms with van der Waals surface area (Å²) in [6.45, 7) is 5.12. The maximum absolute atomic E-state index is 13.4. The van der Waals surface area contributed by atoms with E-state index in [4.69, 9.17) is 0 Å². The van der Waals surface area contributed by atoms with E-state index in [0.717, 1.165) is 17.4 Å². The number of aliphatic hydroxyl groups excluding tert-OH is 1. The van der Waals surface area contributed by atoms with Crippen molar-refractivity contribution in [3.8, 4) is 11.5 Å². The second-order valence-corrected chi connectivity index (χ2v) is 9.09. The first-order valence-electron chi connectivity index (χ1n) is 11.2. The van der Waals surface area contributed by atoms with Crippen molar-refractivity contribution in [2.75, 3.05) is 11.9 Å². The Kier molecular flexibility index (Phi) is 5.08. The molecule has 1 aliphatic carbocycles. The fourth-order valence-electron chi connectivity index (χ4n) is 4.60. The molecule has 1 saturated carbocycles. The lowest BCUT2D eigenvalue weighted by Crippen LogP contribution is -2.27. The Morgan fingerprint density at radius 2 is 1.88 bits per heavy atom. The highest BCUT2D eigenvalue weighted by atomic mass is 19.3. The summed E-state index contributed by atoms with van der Waals surface area (Å²) < 4.78 is 38.0. The first kappa shape index (κ1) is 21.7. The Bertz CT molecular complexity index is 1230. The normalized spacial score (nSPS) is 17.5. The zero-order valence-electron chi connectivity index (χ0n) is 18.5. The van der Waals surface area contributed by atoms with E-state index in [0.29, 0.717) is 36.4 Å². The van der Waals surface area contributed by atoms with Crippen molar-refractivity contribution < 1.29 is 28.2 Å². The SMILES string of the molecule is CC(C)c1cc2cc(NC(=O)C3(c4ccc5c(c4)OC(F)(F)O5)CC3)ccc2n1CCCO. The molecule has 33 heavy (non-hydrogen) atoms. The molecule has 0 saturated heterocycles. The molecule has 1 fully saturated rings. The van der Waals surface area contributed by atoms with E-state index < -0.39 is 11.7 Å². The second kappa shape index (κ2) is 7.73. The van der Waals surface area contributed by atoms with Gasteiger partial charge in [0.05, 0.1) is 5.41 Å². The Morgan fingerprint density at radius 3 is 2.58 bits per heavy atom. The van der Waals surface area contributed by atoms with Crippen LogP contribution in [0.1, 0.15) is 50.3 Å². The molecule has 2 aliphatic rings. The van der Waals surface area contributed by atoms with Gasteiger partial charge >= 0.3 is 6.29 Å². The Labute approximate surface area is 190 Å². The van der Waals surface area contributed by atoms with E-state index in [-0.39, 0.29) is 24.0 Å². The van der Waals surface area contributed by atoms with Crippen molar-refractivity contribution in [2.24, 2.45) is 0 Å². The van der Waals surface area contributed by atoms with Crippen LogP contribution in [-0.4, -0.2) is 28.5 Å². The van der Waals surface area contributed by atoms with Gasteiger partial charge in [0.1, 0.15) is 0 Å². The van der Waals surface area contributed by atoms with Crippen molar-refractivity contribution in [3.05, 3.63) is 53.7 Å². The minimum absolute atomic E-state index is 0.0305. The molecule has 1 aromatic heterocycles. The summed E-state index contributed by atoms with van der Waals surface area (Å²) in [4.78, 5) is 13.2. The number of benzene rings is 2. The largest absolute Gasteiger partial charge is 0.586 e. The molecule has 2 heterocycles. The number of amides is 1. The molecule has 0 spiro atoms. The highest BCUT2D eigenvalue weighted by molar-refractivity contribution is 6.02. The van der Waals surface area contributed by atoms with Gasteiger partial charge in [-0.05, 0) is 67.1 Å². The van der Waals surface area contributed by atoms with Gasteiger partial charge in [0.15, 0.2) is 11.5 Å². The molecule has 3 aromatic rings. The third-order valence-electron chi connectivity index (χ3n) is 6.46. The number of aliphatic hydroxyl groups is 1. The fraction of sp³-hybridized carbons (Fsp3) is 0.400. The van der Waals surface area contributed by atoms with E-state index in [1.165, 1.54) is 17.8 Å². The van der Waals surface area contributed by atoms with Crippen LogP contribution in [0.15, 0.2) is 42.5 Å². The van der Waals surface area contributed by atoms with Gasteiger partial charge in [0, 0.05) is 35.4 Å². The Morgan fingerprint density at radius 1 is 1.12 bits per heavy atom. The number of hydrogen-bond donors (Lipinski definition) is 2. The predicted molar refractivity (Wildman–Crippen MR) is 120 cm³/mol. The quantitative estimate of drug-likeness (QED) is 0.517. The van der Waals surface area contributed by atoms with Crippen LogP contribution in [0.4, 0.5) is 14.5 Å². The second-order valence-electron chi connectivity index (χ2n) is 9.09. The molecule has 1 amide bonds. The first-order valence-corrected chi connectivity index (χ1v) is 11.2. The molecule has 6 nitrogen and oxygen atoms in total. The third kappa shape index (κ3) is 3.82. The lowest BCUT2D eigenvalue weighted by Gasteiger charge is -2.16. The van der Waals surface area contributed by atoms with Crippen LogP contribution in [-0.2, 0) is 16.8 Å². The number of aryl methyl sites for hydroxylation is 1. The molecule has 0 unspecified atom stereocenters. The molecule has 0 atom stereocenters. The van der Waals surface area contributed by atoms with Crippen molar-refractivity contribution in [3.63, 3.8) is 0 Å². The van der Waals surface area contributed by atoms with Crippen LogP contribution in [0, 0.1) is 0 Å². The summed E-state index contributed by atoms with van der Waals surface area (Å²) in [6, 6.07) is 12.5. The van der Waals surface area contributed by atoms with Gasteiger partial charge in [-0.25, -0.2) is 0 Å². The maximum Gasteiger partial charge on any atom is 0.586 e. The predicted octanol–water partition coefficient (Wildman–Crippen LogP) is 5.14. The number of hydrogen-bond acceptors (Lipinski definition) is 4. The molecule has 5 rings (SSSR count). The van der Waals surface area contributed by atoms with Gasteiger partial charge in [-0.1, -0.05) is 19.9 Å². The zero-order chi connectivity index (χ0) is 23.4. The number of carbonyl (C=O) groups is 1. The summed E-state index contributed by atoms with van der Waals surface area (Å²) in [5, 5.41) is 13.3. The molecule has 2 N–H and O–H groups in total. The Balaban J connectivity index is 1.39. The summed E-state index contributed by atoms with van der Waals surface area (Å²) >= 11 is 0. The molecule has 0 radical (unpaired) electrons. The van der Waals surface area contributed by atoms with Crippen molar-refractivity contribution in [2.45, 2.75) is 57.3 Å². The van der Waals surface area contributed by atoms with Crippen LogP contribution < -0.4 is 14.8 Å². The summed E-state index contributed by atoms with van der Waals surface area (Å²) in [6.07, 6.45) is -1.75. The number of alkyl halides is 2. The number of fused-ring (bicyclic) bond motifs is 2. The van der Waals surface area contributed by atoms with Crippen LogP contribution in [0.3, 0.4) is 0 Å². The molecular weight excluding hydrogens is 430 g/mol. The van der Waals surface area contributed by atoms with Gasteiger partial charge in [0.2, 0.25) is 5.91 Å². The van der Waals surface area contributed by atoms with Gasteiger partial charge in [-0.3, -0.25) is 4.79 Å². The first-order chi connectivity index (χ1) is 15.7. The standard InChI is InChI=1S/C25H26F2N2O4/c1-15(2)20-13-16-12-18(5-6-19(16)29(20)10-3-11-30)28-23(31)24(8-9-24)17-4-7-21-22(14-17)33-25(26,27)32-21/h4-7,12-15,30H,3,8-11H2,1-2H3,(H,28,31). The minimum Gasteiger partial charge on any atom is -0.396 e. The van der Waals surface area contributed by atoms with E-state index in [1.54, 1.807) is 6.07 Å². The number of nitrogens with one attached hydrogen (secondary N) is 1. The monoisotopic (exact) mass is 456 g/mol. The maximum atomic E-state index is 13.4. The van der Waals surface area contributed by atoms with E-state index >= 15 is 0 Å². The number of anilines is 1. The molecular formula is C25H26F2N2O4. The number of carbonyl (C=O) groups excluding carboxylic acids is 1. The lowest BCUT2D eigenvalue weighted by molar-refractivity contribution is -0.286. The van der Waals surface area contributed by atoms with E-state index in [1.807, 2.05) is 18.2 Å². The van der Waals surface area contributed by atoms with Crippen molar-refractivity contribution in [1.29, 1.82) is 0 Å². The van der Waals surface area contributed by atoms with E-state index in [9.17, 15) is 18.7 Å². The van der Waals surface area contributed by atoms with Crippen molar-refractivity contribution >= 4 is 22.5 Å². The average Bonchev–Trinajstić information content (AvgIpc) is 3.40. The van der Waals surface area contributed by atoms with Gasteiger partial charge in [-0.2, -0.15) is 0 Å². The van der Waals surface area contributed by atoms with Gasteiger partial charge in [0.25, 0.3) is 0 Å². The van der Waals surface area contributed by atoms with E-state index in [2.05, 4.69) is 39.3 Å². The highest BCUT2D eigenvalue weighted by Crippen LogP contribution is 2.52. The topological polar surface area (TPSA) is 72.7 Å². The lowest BCUT2D eigenvalue weighted by atomic mass is 9.94.